The van der Waals surface area contributed by atoms with Crippen LogP contribution >= 0.6 is 0 Å². The van der Waals surface area contributed by atoms with E-state index < -0.39 is 0 Å². The van der Waals surface area contributed by atoms with Gasteiger partial charge in [-0.25, -0.2) is 0 Å². The van der Waals surface area contributed by atoms with Crippen LogP contribution in [0.25, 0.3) is 11.1 Å². The molecule has 0 amide bonds. The first-order valence-electron chi connectivity index (χ1n) is 6.65. The number of hydrogen-bond acceptors (Lipinski definition) is 4. The second-order valence-electron chi connectivity index (χ2n) is 5.11. The van der Waals surface area contributed by atoms with E-state index in [1.165, 1.54) is 5.56 Å². The number of nitrogens with one attached hydrogen (secondary N) is 1. The number of benzene rings is 2. The molecule has 3 aromatic rings. The van der Waals surface area contributed by atoms with Crippen molar-refractivity contribution in [2.75, 3.05) is 11.1 Å². The lowest BCUT2D eigenvalue weighted by Crippen LogP contribution is -1.97. The van der Waals surface area contributed by atoms with Crippen LogP contribution in [0.4, 0.5) is 17.4 Å². The van der Waals surface area contributed by atoms with Crippen LogP contribution in [-0.4, -0.2) is 4.98 Å². The van der Waals surface area contributed by atoms with E-state index in [0.29, 0.717) is 17.6 Å². The van der Waals surface area contributed by atoms with Crippen LogP contribution in [0.3, 0.4) is 0 Å². The lowest BCUT2D eigenvalue weighted by atomic mass is 10.0. The van der Waals surface area contributed by atoms with Gasteiger partial charge in [-0.05, 0) is 35.7 Å². The fraction of sp³-hybridized carbons (Fsp3) is 0.188. The topological polar surface area (TPSA) is 64.1 Å². The van der Waals surface area contributed by atoms with Crippen molar-refractivity contribution in [3.05, 3.63) is 48.0 Å². The fourth-order valence-corrected chi connectivity index (χ4v) is 2.23. The van der Waals surface area contributed by atoms with E-state index in [-0.39, 0.29) is 0 Å². The van der Waals surface area contributed by atoms with Gasteiger partial charge in [0.1, 0.15) is 5.52 Å². The number of nitrogens with zero attached hydrogens (tertiary/aromatic N) is 1. The zero-order valence-electron chi connectivity index (χ0n) is 11.6. The van der Waals surface area contributed by atoms with Crippen LogP contribution in [0.15, 0.2) is 46.9 Å². The van der Waals surface area contributed by atoms with E-state index in [1.807, 2.05) is 24.3 Å². The Kier molecular flexibility index (Phi) is 3.06. The number of aromatic nitrogens is 1. The first-order chi connectivity index (χ1) is 9.63. The molecule has 0 radical (unpaired) electrons. The van der Waals surface area contributed by atoms with E-state index in [0.717, 1.165) is 16.8 Å². The molecule has 3 rings (SSSR count). The smallest absolute Gasteiger partial charge is 0.300 e. The minimum atomic E-state index is 0.429. The standard InChI is InChI=1S/C16H17N3O/c1-10(2)12-5-3-4-6-13(12)18-16-19-14-9-11(17)7-8-15(14)20-16/h3-10H,17H2,1-2H3,(H,18,19). The SMILES string of the molecule is CC(C)c1ccccc1Nc1nc2cc(N)ccc2o1. The van der Waals surface area contributed by atoms with Crippen molar-refractivity contribution in [2.24, 2.45) is 0 Å². The van der Waals surface area contributed by atoms with Crippen molar-refractivity contribution in [3.8, 4) is 0 Å². The highest BCUT2D eigenvalue weighted by Gasteiger charge is 2.10. The molecule has 2 aromatic carbocycles. The number of para-hydroxylation sites is 1. The van der Waals surface area contributed by atoms with E-state index in [1.54, 1.807) is 12.1 Å². The van der Waals surface area contributed by atoms with Crippen LogP contribution in [0, 0.1) is 0 Å². The number of hydrogen-bond donors (Lipinski definition) is 2. The number of fused-ring (bicyclic) bond motifs is 1. The zero-order valence-corrected chi connectivity index (χ0v) is 11.6. The summed E-state index contributed by atoms with van der Waals surface area (Å²) >= 11 is 0. The van der Waals surface area contributed by atoms with Gasteiger partial charge in [-0.3, -0.25) is 0 Å². The average molecular weight is 267 g/mol. The molecule has 0 aliphatic rings. The van der Waals surface area contributed by atoms with Crippen LogP contribution in [0.5, 0.6) is 0 Å². The number of oxazole rings is 1. The maximum Gasteiger partial charge on any atom is 0.300 e. The number of anilines is 3. The molecule has 0 spiro atoms. The summed E-state index contributed by atoms with van der Waals surface area (Å²) in [5.74, 6) is 0.429. The normalized spacial score (nSPS) is 11.2. The Labute approximate surface area is 117 Å². The Hall–Kier alpha value is -2.49. The quantitative estimate of drug-likeness (QED) is 0.695. The van der Waals surface area contributed by atoms with Crippen molar-refractivity contribution in [1.82, 2.24) is 4.98 Å². The number of nitrogens with two attached hydrogens (primary N) is 1. The molecule has 0 bridgehead atoms. The maximum atomic E-state index is 5.75. The third kappa shape index (κ3) is 2.32. The molecule has 3 N–H and O–H groups in total. The third-order valence-corrected chi connectivity index (χ3v) is 3.24. The minimum absolute atomic E-state index is 0.429. The summed E-state index contributed by atoms with van der Waals surface area (Å²) in [6.07, 6.45) is 0. The lowest BCUT2D eigenvalue weighted by molar-refractivity contribution is 0.622. The summed E-state index contributed by atoms with van der Waals surface area (Å²) < 4.78 is 5.68. The molecule has 0 aliphatic heterocycles. The van der Waals surface area contributed by atoms with Crippen molar-refractivity contribution in [3.63, 3.8) is 0 Å². The Morgan fingerprint density at radius 1 is 1.15 bits per heavy atom. The molecule has 102 valence electrons. The van der Waals surface area contributed by atoms with Gasteiger partial charge in [0.25, 0.3) is 6.01 Å². The number of rotatable bonds is 3. The van der Waals surface area contributed by atoms with Gasteiger partial charge in [-0.15, -0.1) is 0 Å². The summed E-state index contributed by atoms with van der Waals surface area (Å²) in [5.41, 5.74) is 10.2. The molecule has 0 saturated carbocycles. The molecular weight excluding hydrogens is 250 g/mol. The Morgan fingerprint density at radius 3 is 2.75 bits per heavy atom. The van der Waals surface area contributed by atoms with Crippen LogP contribution in [-0.2, 0) is 0 Å². The summed E-state index contributed by atoms with van der Waals surface area (Å²) in [7, 11) is 0. The van der Waals surface area contributed by atoms with Crippen molar-refractivity contribution in [1.29, 1.82) is 0 Å². The van der Waals surface area contributed by atoms with E-state index >= 15 is 0 Å². The van der Waals surface area contributed by atoms with Gasteiger partial charge in [0.05, 0.1) is 0 Å². The first-order valence-corrected chi connectivity index (χ1v) is 6.65. The predicted molar refractivity (Wildman–Crippen MR) is 82.2 cm³/mol. The van der Waals surface area contributed by atoms with Gasteiger partial charge >= 0.3 is 0 Å². The van der Waals surface area contributed by atoms with Crippen molar-refractivity contribution < 1.29 is 4.42 Å². The van der Waals surface area contributed by atoms with Gasteiger partial charge in [0.15, 0.2) is 5.58 Å². The largest absolute Gasteiger partial charge is 0.423 e. The lowest BCUT2D eigenvalue weighted by Gasteiger charge is -2.11. The highest BCUT2D eigenvalue weighted by Crippen LogP contribution is 2.28. The molecule has 4 heteroatoms. The zero-order chi connectivity index (χ0) is 14.1. The van der Waals surface area contributed by atoms with Gasteiger partial charge in [0, 0.05) is 11.4 Å². The molecule has 4 nitrogen and oxygen atoms in total. The van der Waals surface area contributed by atoms with E-state index in [9.17, 15) is 0 Å². The molecule has 0 unspecified atom stereocenters. The van der Waals surface area contributed by atoms with Crippen LogP contribution < -0.4 is 11.1 Å². The fourth-order valence-electron chi connectivity index (χ4n) is 2.23. The first kappa shape index (κ1) is 12.5. The second-order valence-corrected chi connectivity index (χ2v) is 5.11. The second kappa shape index (κ2) is 4.89. The Bertz CT molecular complexity index is 746. The van der Waals surface area contributed by atoms with Crippen molar-refractivity contribution in [2.45, 2.75) is 19.8 Å². The molecule has 0 aliphatic carbocycles. The van der Waals surface area contributed by atoms with E-state index in [2.05, 4.69) is 30.2 Å². The van der Waals surface area contributed by atoms with Gasteiger partial charge < -0.3 is 15.5 Å². The van der Waals surface area contributed by atoms with Gasteiger partial charge in [-0.2, -0.15) is 4.98 Å². The Morgan fingerprint density at radius 2 is 1.95 bits per heavy atom. The third-order valence-electron chi connectivity index (χ3n) is 3.24. The molecule has 0 saturated heterocycles. The Balaban J connectivity index is 1.97. The molecule has 1 heterocycles. The molecular formula is C16H17N3O. The molecule has 0 atom stereocenters. The summed E-state index contributed by atoms with van der Waals surface area (Å²) in [4.78, 5) is 4.41. The van der Waals surface area contributed by atoms with E-state index in [4.69, 9.17) is 10.2 Å². The van der Waals surface area contributed by atoms with Gasteiger partial charge in [0.2, 0.25) is 0 Å². The number of nitrogen functional groups attached to an aromatic ring is 1. The summed E-state index contributed by atoms with van der Waals surface area (Å²) in [6, 6.07) is 14.1. The minimum Gasteiger partial charge on any atom is -0.423 e. The van der Waals surface area contributed by atoms with Gasteiger partial charge in [-0.1, -0.05) is 32.0 Å². The predicted octanol–water partition coefficient (Wildman–Crippen LogP) is 4.28. The average Bonchev–Trinajstić information content (AvgIpc) is 2.80. The summed E-state index contributed by atoms with van der Waals surface area (Å²) in [6.45, 7) is 4.32. The van der Waals surface area contributed by atoms with Crippen molar-refractivity contribution >= 4 is 28.5 Å². The van der Waals surface area contributed by atoms with Crippen LogP contribution in [0.1, 0.15) is 25.3 Å². The molecule has 0 fully saturated rings. The molecule has 1 aromatic heterocycles. The van der Waals surface area contributed by atoms with Crippen LogP contribution in [0.2, 0.25) is 0 Å². The molecule has 20 heavy (non-hydrogen) atoms. The summed E-state index contributed by atoms with van der Waals surface area (Å²) in [5, 5.41) is 3.24. The maximum absolute atomic E-state index is 5.75. The monoisotopic (exact) mass is 267 g/mol. The highest BCUT2D eigenvalue weighted by atomic mass is 16.4. The highest BCUT2D eigenvalue weighted by molar-refractivity contribution is 5.79.